The van der Waals surface area contributed by atoms with Crippen LogP contribution in [0, 0.1) is 0 Å². The van der Waals surface area contributed by atoms with Crippen LogP contribution in [0.4, 0.5) is 8.78 Å². The first kappa shape index (κ1) is 14.2. The summed E-state index contributed by atoms with van der Waals surface area (Å²) in [4.78, 5) is 0. The Hall–Kier alpha value is -1.20. The zero-order valence-electron chi connectivity index (χ0n) is 10.9. The van der Waals surface area contributed by atoms with Crippen molar-refractivity contribution in [1.82, 2.24) is 5.32 Å². The number of halogens is 2. The molecule has 1 N–H and O–H groups in total. The van der Waals surface area contributed by atoms with Crippen LogP contribution in [0.1, 0.15) is 24.8 Å². The lowest BCUT2D eigenvalue weighted by atomic mass is 10.1. The van der Waals surface area contributed by atoms with E-state index in [0.29, 0.717) is 12.6 Å². The van der Waals surface area contributed by atoms with Gasteiger partial charge in [0.1, 0.15) is 5.75 Å². The predicted octanol–water partition coefficient (Wildman–Crippen LogP) is 2.95. The van der Waals surface area contributed by atoms with Crippen molar-refractivity contribution < 1.29 is 18.3 Å². The van der Waals surface area contributed by atoms with Crippen molar-refractivity contribution in [1.29, 1.82) is 0 Å². The summed E-state index contributed by atoms with van der Waals surface area (Å²) in [7, 11) is 1.74. The molecule has 2 unspecified atom stereocenters. The van der Waals surface area contributed by atoms with Crippen LogP contribution < -0.4 is 10.1 Å². The van der Waals surface area contributed by atoms with Gasteiger partial charge in [0.25, 0.3) is 0 Å². The third-order valence-corrected chi connectivity index (χ3v) is 3.47. The highest BCUT2D eigenvalue weighted by atomic mass is 19.3. The molecule has 1 saturated carbocycles. The molecule has 0 amide bonds. The Balaban J connectivity index is 1.82. The summed E-state index contributed by atoms with van der Waals surface area (Å²) >= 11 is 0. The number of methoxy groups -OCH3 is 1. The van der Waals surface area contributed by atoms with Gasteiger partial charge in [-0.3, -0.25) is 0 Å². The largest absolute Gasteiger partial charge is 0.435 e. The van der Waals surface area contributed by atoms with E-state index in [4.69, 9.17) is 4.74 Å². The monoisotopic (exact) mass is 271 g/mol. The van der Waals surface area contributed by atoms with Crippen molar-refractivity contribution in [2.75, 3.05) is 7.11 Å². The van der Waals surface area contributed by atoms with Crippen LogP contribution in [0.15, 0.2) is 24.3 Å². The molecule has 5 heteroatoms. The van der Waals surface area contributed by atoms with E-state index < -0.39 is 6.61 Å². The number of hydrogen-bond acceptors (Lipinski definition) is 3. The zero-order chi connectivity index (χ0) is 13.7. The van der Waals surface area contributed by atoms with Gasteiger partial charge in [-0.15, -0.1) is 0 Å². The Morgan fingerprint density at radius 2 is 2.00 bits per heavy atom. The molecule has 1 aliphatic carbocycles. The van der Waals surface area contributed by atoms with Crippen LogP contribution in [0.2, 0.25) is 0 Å². The third kappa shape index (κ3) is 4.14. The van der Waals surface area contributed by atoms with Gasteiger partial charge in [0.2, 0.25) is 0 Å². The van der Waals surface area contributed by atoms with E-state index in [2.05, 4.69) is 10.1 Å². The minimum absolute atomic E-state index is 0.189. The fourth-order valence-corrected chi connectivity index (χ4v) is 2.48. The van der Waals surface area contributed by atoms with Crippen molar-refractivity contribution in [3.05, 3.63) is 29.8 Å². The molecule has 1 aromatic rings. The second-order valence-electron chi connectivity index (χ2n) is 4.71. The molecule has 0 aromatic heterocycles. The quantitative estimate of drug-likeness (QED) is 0.863. The fraction of sp³-hybridized carbons (Fsp3) is 0.571. The third-order valence-electron chi connectivity index (χ3n) is 3.47. The molecular weight excluding hydrogens is 252 g/mol. The maximum absolute atomic E-state index is 12.0. The first-order valence-corrected chi connectivity index (χ1v) is 6.49. The van der Waals surface area contributed by atoms with Crippen LogP contribution in [-0.4, -0.2) is 25.9 Å². The number of hydrogen-bond donors (Lipinski definition) is 1. The molecule has 3 nitrogen and oxygen atoms in total. The van der Waals surface area contributed by atoms with Gasteiger partial charge in [0.05, 0.1) is 6.10 Å². The van der Waals surface area contributed by atoms with Crippen LogP contribution in [0.3, 0.4) is 0 Å². The van der Waals surface area contributed by atoms with Crippen molar-refractivity contribution >= 4 is 0 Å². The highest BCUT2D eigenvalue weighted by molar-refractivity contribution is 5.27. The number of nitrogens with one attached hydrogen (secondary N) is 1. The molecule has 19 heavy (non-hydrogen) atoms. The molecule has 0 radical (unpaired) electrons. The highest BCUT2D eigenvalue weighted by Gasteiger charge is 2.26. The molecule has 0 saturated heterocycles. The molecule has 1 aliphatic rings. The Kier molecular flexibility index (Phi) is 5.10. The summed E-state index contributed by atoms with van der Waals surface area (Å²) in [5.41, 5.74) is 1.04. The van der Waals surface area contributed by atoms with Crippen LogP contribution in [0.5, 0.6) is 5.75 Å². The van der Waals surface area contributed by atoms with Gasteiger partial charge in [-0.1, -0.05) is 12.1 Å². The van der Waals surface area contributed by atoms with E-state index in [-0.39, 0.29) is 11.9 Å². The number of alkyl halides is 2. The van der Waals surface area contributed by atoms with Gasteiger partial charge in [0.15, 0.2) is 0 Å². The Morgan fingerprint density at radius 1 is 1.26 bits per heavy atom. The second kappa shape index (κ2) is 6.82. The molecule has 0 bridgehead atoms. The Morgan fingerprint density at radius 3 is 2.63 bits per heavy atom. The van der Waals surface area contributed by atoms with Gasteiger partial charge in [-0.2, -0.15) is 8.78 Å². The smallest absolute Gasteiger partial charge is 0.387 e. The molecule has 1 aromatic carbocycles. The van der Waals surface area contributed by atoms with Gasteiger partial charge < -0.3 is 14.8 Å². The number of benzene rings is 1. The van der Waals surface area contributed by atoms with E-state index in [0.717, 1.165) is 18.4 Å². The van der Waals surface area contributed by atoms with E-state index in [1.165, 1.54) is 6.42 Å². The van der Waals surface area contributed by atoms with Crippen molar-refractivity contribution in [3.8, 4) is 5.75 Å². The zero-order valence-corrected chi connectivity index (χ0v) is 10.9. The van der Waals surface area contributed by atoms with Crippen LogP contribution in [0.25, 0.3) is 0 Å². The summed E-state index contributed by atoms with van der Waals surface area (Å²) in [6.45, 7) is -2.07. The maximum atomic E-state index is 12.0. The molecule has 0 aliphatic heterocycles. The molecule has 2 rings (SSSR count). The minimum Gasteiger partial charge on any atom is -0.435 e. The SMILES string of the molecule is COC1CCCC1NCc1ccc(OC(F)F)cc1. The lowest BCUT2D eigenvalue weighted by Gasteiger charge is -2.19. The van der Waals surface area contributed by atoms with Crippen molar-refractivity contribution in [3.63, 3.8) is 0 Å². The van der Waals surface area contributed by atoms with Gasteiger partial charge in [-0.05, 0) is 37.0 Å². The normalized spacial score (nSPS) is 22.9. The van der Waals surface area contributed by atoms with Crippen molar-refractivity contribution in [2.45, 2.75) is 44.6 Å². The first-order chi connectivity index (χ1) is 9.19. The standard InChI is InChI=1S/C14H19F2NO2/c1-18-13-4-2-3-12(13)17-9-10-5-7-11(8-6-10)19-14(15)16/h5-8,12-14,17H,2-4,9H2,1H3. The van der Waals surface area contributed by atoms with E-state index in [1.54, 1.807) is 31.4 Å². The molecule has 0 heterocycles. The second-order valence-corrected chi connectivity index (χ2v) is 4.71. The van der Waals surface area contributed by atoms with Gasteiger partial charge in [0, 0.05) is 19.7 Å². The van der Waals surface area contributed by atoms with Gasteiger partial charge in [-0.25, -0.2) is 0 Å². The Labute approximate surface area is 111 Å². The van der Waals surface area contributed by atoms with Crippen LogP contribution >= 0.6 is 0 Å². The molecule has 2 atom stereocenters. The van der Waals surface area contributed by atoms with Crippen LogP contribution in [-0.2, 0) is 11.3 Å². The topological polar surface area (TPSA) is 30.5 Å². The summed E-state index contributed by atoms with van der Waals surface area (Å²) in [5.74, 6) is 0.189. The molecular formula is C14H19F2NO2. The average Bonchev–Trinajstić information content (AvgIpc) is 2.84. The summed E-state index contributed by atoms with van der Waals surface area (Å²) in [6, 6.07) is 7.09. The van der Waals surface area contributed by atoms with E-state index in [9.17, 15) is 8.78 Å². The van der Waals surface area contributed by atoms with E-state index in [1.807, 2.05) is 0 Å². The Bertz CT molecular complexity index is 384. The summed E-state index contributed by atoms with van der Waals surface area (Å²) in [6.07, 6.45) is 3.67. The number of ether oxygens (including phenoxy) is 2. The first-order valence-electron chi connectivity index (χ1n) is 6.49. The van der Waals surface area contributed by atoms with Crippen molar-refractivity contribution in [2.24, 2.45) is 0 Å². The number of rotatable bonds is 6. The fourth-order valence-electron chi connectivity index (χ4n) is 2.48. The maximum Gasteiger partial charge on any atom is 0.387 e. The lowest BCUT2D eigenvalue weighted by molar-refractivity contribution is -0.0498. The molecule has 106 valence electrons. The van der Waals surface area contributed by atoms with E-state index >= 15 is 0 Å². The predicted molar refractivity (Wildman–Crippen MR) is 68.3 cm³/mol. The molecule has 1 fully saturated rings. The summed E-state index contributed by atoms with van der Waals surface area (Å²) < 4.78 is 33.7. The summed E-state index contributed by atoms with van der Waals surface area (Å²) in [5, 5.41) is 3.45. The minimum atomic E-state index is -2.77. The average molecular weight is 271 g/mol. The molecule has 0 spiro atoms. The lowest BCUT2D eigenvalue weighted by Crippen LogP contribution is -2.36. The highest BCUT2D eigenvalue weighted by Crippen LogP contribution is 2.22. The van der Waals surface area contributed by atoms with Gasteiger partial charge >= 0.3 is 6.61 Å².